The predicted octanol–water partition coefficient (Wildman–Crippen LogP) is 3.67. The number of hydrogen-bond acceptors (Lipinski definition) is 5. The summed E-state index contributed by atoms with van der Waals surface area (Å²) in [5.41, 5.74) is 2.44. The second kappa shape index (κ2) is 9.78. The van der Waals surface area contributed by atoms with Crippen LogP contribution in [0.15, 0.2) is 59.8 Å². The second-order valence-electron chi connectivity index (χ2n) is 6.96. The Morgan fingerprint density at radius 3 is 2.57 bits per heavy atom. The first-order valence-corrected chi connectivity index (χ1v) is 10.0. The summed E-state index contributed by atoms with van der Waals surface area (Å²) >= 11 is 6.00. The van der Waals surface area contributed by atoms with Crippen LogP contribution < -0.4 is 4.74 Å². The van der Waals surface area contributed by atoms with E-state index in [1.165, 1.54) is 4.90 Å². The lowest BCUT2D eigenvalue weighted by molar-refractivity contribution is -0.141. The second-order valence-corrected chi connectivity index (χ2v) is 7.40. The Labute approximate surface area is 180 Å². The molecule has 0 saturated heterocycles. The zero-order chi connectivity index (χ0) is 21.7. The number of amides is 1. The molecule has 1 aliphatic heterocycles. The highest BCUT2D eigenvalue weighted by atomic mass is 35.5. The number of esters is 1. The first kappa shape index (κ1) is 21.9. The number of hydrogen-bond donors (Lipinski definition) is 1. The van der Waals surface area contributed by atoms with Crippen LogP contribution in [-0.4, -0.2) is 42.1 Å². The molecule has 0 saturated carbocycles. The van der Waals surface area contributed by atoms with Gasteiger partial charge in [-0.2, -0.15) is 0 Å². The summed E-state index contributed by atoms with van der Waals surface area (Å²) in [7, 11) is 1.56. The molecule has 7 heteroatoms. The maximum Gasteiger partial charge on any atom is 0.336 e. The van der Waals surface area contributed by atoms with E-state index in [2.05, 4.69) is 0 Å². The number of halogens is 1. The maximum absolute atomic E-state index is 13.1. The minimum atomic E-state index is -0.506. The maximum atomic E-state index is 13.1. The molecule has 2 aromatic carbocycles. The normalized spacial score (nSPS) is 16.6. The SMILES string of the molecule is COc1ccccc1COC(=O)C1=C(C)N(CCO)C(=O)CC1c1ccc(Cl)cc1. The first-order chi connectivity index (χ1) is 14.5. The monoisotopic (exact) mass is 429 g/mol. The van der Waals surface area contributed by atoms with E-state index in [0.717, 1.165) is 11.1 Å². The van der Waals surface area contributed by atoms with Gasteiger partial charge in [-0.1, -0.05) is 41.9 Å². The highest BCUT2D eigenvalue weighted by molar-refractivity contribution is 6.30. The van der Waals surface area contributed by atoms with Gasteiger partial charge < -0.3 is 19.5 Å². The number of para-hydroxylation sites is 1. The number of rotatable bonds is 7. The molecule has 2 aromatic rings. The summed E-state index contributed by atoms with van der Waals surface area (Å²) in [6.07, 6.45) is 0.109. The van der Waals surface area contributed by atoms with Crippen LogP contribution >= 0.6 is 11.6 Å². The molecule has 1 unspecified atom stereocenters. The number of ether oxygens (including phenoxy) is 2. The molecule has 1 N–H and O–H groups in total. The van der Waals surface area contributed by atoms with E-state index in [1.54, 1.807) is 32.2 Å². The van der Waals surface area contributed by atoms with Crippen molar-refractivity contribution in [2.45, 2.75) is 25.9 Å². The van der Waals surface area contributed by atoms with Crippen LogP contribution in [-0.2, 0) is 20.9 Å². The molecule has 1 aliphatic rings. The van der Waals surface area contributed by atoms with Crippen molar-refractivity contribution in [1.82, 2.24) is 4.90 Å². The van der Waals surface area contributed by atoms with Crippen molar-refractivity contribution in [3.63, 3.8) is 0 Å². The quantitative estimate of drug-likeness (QED) is 0.679. The third-order valence-corrected chi connectivity index (χ3v) is 5.44. The molecule has 30 heavy (non-hydrogen) atoms. The van der Waals surface area contributed by atoms with Crippen LogP contribution in [0.1, 0.15) is 30.4 Å². The molecule has 3 rings (SSSR count). The van der Waals surface area contributed by atoms with E-state index in [1.807, 2.05) is 30.3 Å². The molecular weight excluding hydrogens is 406 g/mol. The summed E-state index contributed by atoms with van der Waals surface area (Å²) in [5, 5.41) is 9.91. The van der Waals surface area contributed by atoms with Gasteiger partial charge in [-0.3, -0.25) is 4.79 Å². The lowest BCUT2D eigenvalue weighted by Crippen LogP contribution is -2.39. The minimum Gasteiger partial charge on any atom is -0.496 e. The third kappa shape index (κ3) is 4.66. The van der Waals surface area contributed by atoms with Crippen molar-refractivity contribution in [2.24, 2.45) is 0 Å². The van der Waals surface area contributed by atoms with Gasteiger partial charge in [0.2, 0.25) is 5.91 Å². The number of benzene rings is 2. The lowest BCUT2D eigenvalue weighted by Gasteiger charge is -2.34. The number of allylic oxidation sites excluding steroid dienone is 1. The minimum absolute atomic E-state index is 0.0426. The molecule has 0 spiro atoms. The highest BCUT2D eigenvalue weighted by Crippen LogP contribution is 2.37. The van der Waals surface area contributed by atoms with E-state index in [9.17, 15) is 14.7 Å². The Morgan fingerprint density at radius 2 is 1.90 bits per heavy atom. The molecule has 0 bridgehead atoms. The van der Waals surface area contributed by atoms with Gasteiger partial charge in [-0.15, -0.1) is 0 Å². The number of β-amino-alcohol motifs (C(OH)–C–C–N with tert-alkyl or cyclic N) is 1. The first-order valence-electron chi connectivity index (χ1n) is 9.62. The molecular formula is C23H24ClNO5. The highest BCUT2D eigenvalue weighted by Gasteiger charge is 2.36. The van der Waals surface area contributed by atoms with Crippen LogP contribution in [0, 0.1) is 0 Å². The van der Waals surface area contributed by atoms with Crippen molar-refractivity contribution in [1.29, 1.82) is 0 Å². The number of methoxy groups -OCH3 is 1. The molecule has 0 fully saturated rings. The van der Waals surface area contributed by atoms with E-state index >= 15 is 0 Å². The van der Waals surface area contributed by atoms with Crippen LogP contribution in [0.3, 0.4) is 0 Å². The van der Waals surface area contributed by atoms with Crippen LogP contribution in [0.25, 0.3) is 0 Å². The van der Waals surface area contributed by atoms with Crippen LogP contribution in [0.2, 0.25) is 5.02 Å². The van der Waals surface area contributed by atoms with Crippen molar-refractivity contribution >= 4 is 23.5 Å². The zero-order valence-electron chi connectivity index (χ0n) is 16.9. The summed E-state index contributed by atoms with van der Waals surface area (Å²) < 4.78 is 10.9. The number of nitrogens with zero attached hydrogens (tertiary/aromatic N) is 1. The molecule has 0 radical (unpaired) electrons. The van der Waals surface area contributed by atoms with Gasteiger partial charge in [-0.05, 0) is 30.7 Å². The van der Waals surface area contributed by atoms with E-state index < -0.39 is 11.9 Å². The Hall–Kier alpha value is -2.83. The number of carbonyl (C=O) groups excluding carboxylic acids is 2. The summed E-state index contributed by atoms with van der Waals surface area (Å²) in [6.45, 7) is 1.68. The van der Waals surface area contributed by atoms with Crippen LogP contribution in [0.4, 0.5) is 0 Å². The topological polar surface area (TPSA) is 76.1 Å². The fourth-order valence-electron chi connectivity index (χ4n) is 3.68. The number of aliphatic hydroxyl groups excluding tert-OH is 1. The molecule has 1 heterocycles. The van der Waals surface area contributed by atoms with Crippen LogP contribution in [0.5, 0.6) is 5.75 Å². The van der Waals surface area contributed by atoms with Gasteiger partial charge in [0.05, 0.1) is 19.3 Å². The number of carbonyl (C=O) groups is 2. The molecule has 0 aliphatic carbocycles. The molecule has 158 valence electrons. The summed E-state index contributed by atoms with van der Waals surface area (Å²) in [6, 6.07) is 14.4. The van der Waals surface area contributed by atoms with E-state index in [0.29, 0.717) is 22.0 Å². The Kier molecular flexibility index (Phi) is 7.13. The molecule has 1 amide bonds. The van der Waals surface area contributed by atoms with Crippen molar-refractivity contribution in [2.75, 3.05) is 20.3 Å². The fraction of sp³-hybridized carbons (Fsp3) is 0.304. The van der Waals surface area contributed by atoms with Gasteiger partial charge in [0.1, 0.15) is 12.4 Å². The van der Waals surface area contributed by atoms with E-state index in [-0.39, 0.29) is 32.1 Å². The average molecular weight is 430 g/mol. The number of aliphatic hydroxyl groups is 1. The average Bonchev–Trinajstić information content (AvgIpc) is 2.75. The predicted molar refractivity (Wildman–Crippen MR) is 113 cm³/mol. The molecule has 1 atom stereocenters. The Bertz CT molecular complexity index is 954. The van der Waals surface area contributed by atoms with Gasteiger partial charge in [0.25, 0.3) is 0 Å². The smallest absolute Gasteiger partial charge is 0.336 e. The Balaban J connectivity index is 1.93. The van der Waals surface area contributed by atoms with Gasteiger partial charge in [0, 0.05) is 35.2 Å². The summed E-state index contributed by atoms with van der Waals surface area (Å²) in [5.74, 6) is -0.475. The molecule has 6 nitrogen and oxygen atoms in total. The standard InChI is InChI=1S/C23H24ClNO5/c1-15-22(23(28)30-14-17-5-3-4-6-20(17)29-2)19(13-21(27)25(15)11-12-26)16-7-9-18(24)10-8-16/h3-10,19,26H,11-14H2,1-2H3. The van der Waals surface area contributed by atoms with Gasteiger partial charge >= 0.3 is 5.97 Å². The van der Waals surface area contributed by atoms with Gasteiger partial charge in [0.15, 0.2) is 0 Å². The third-order valence-electron chi connectivity index (χ3n) is 5.19. The fourth-order valence-corrected chi connectivity index (χ4v) is 3.80. The molecule has 0 aromatic heterocycles. The van der Waals surface area contributed by atoms with Crippen molar-refractivity contribution < 1.29 is 24.2 Å². The van der Waals surface area contributed by atoms with Crippen molar-refractivity contribution in [3.8, 4) is 5.75 Å². The lowest BCUT2D eigenvalue weighted by atomic mass is 9.83. The van der Waals surface area contributed by atoms with E-state index in [4.69, 9.17) is 21.1 Å². The van der Waals surface area contributed by atoms with Gasteiger partial charge in [-0.25, -0.2) is 4.79 Å². The Morgan fingerprint density at radius 1 is 1.20 bits per heavy atom. The largest absolute Gasteiger partial charge is 0.496 e. The summed E-state index contributed by atoms with van der Waals surface area (Å²) in [4.78, 5) is 27.2. The zero-order valence-corrected chi connectivity index (χ0v) is 17.7. The van der Waals surface area contributed by atoms with Crippen molar-refractivity contribution in [3.05, 3.63) is 76.0 Å².